The van der Waals surface area contributed by atoms with Gasteiger partial charge in [-0.2, -0.15) is 4.72 Å². The summed E-state index contributed by atoms with van der Waals surface area (Å²) in [6, 6.07) is 0.690. The number of rotatable bonds is 8. The summed E-state index contributed by atoms with van der Waals surface area (Å²) in [4.78, 5) is 37.7. The van der Waals surface area contributed by atoms with E-state index >= 15 is 0 Å². The predicted molar refractivity (Wildman–Crippen MR) is 130 cm³/mol. The molecule has 0 bridgehead atoms. The summed E-state index contributed by atoms with van der Waals surface area (Å²) in [5.41, 5.74) is 9.50. The van der Waals surface area contributed by atoms with Crippen LogP contribution in [0.5, 0.6) is 0 Å². The molecule has 0 saturated carbocycles. The lowest BCUT2D eigenvalue weighted by molar-refractivity contribution is -0.148. The van der Waals surface area contributed by atoms with E-state index in [0.29, 0.717) is 21.7 Å². The SMILES string of the molecule is Cc1cc(C)c(C)c(S(=O)(=O)NC(C)C(=O)OCC(=O)Nc2sc3c(c2C(N)=O)CCC3)c1C. The number of benzene rings is 1. The number of esters is 1. The van der Waals surface area contributed by atoms with Gasteiger partial charge in [0.15, 0.2) is 6.61 Å². The lowest BCUT2D eigenvalue weighted by Crippen LogP contribution is -2.41. The van der Waals surface area contributed by atoms with Gasteiger partial charge in [0.25, 0.3) is 11.8 Å². The number of fused-ring (bicyclic) bond motifs is 1. The second-order valence-corrected chi connectivity index (χ2v) is 11.3. The molecule has 2 amide bonds. The lowest BCUT2D eigenvalue weighted by atomic mass is 10.0. The number of ether oxygens (including phenoxy) is 1. The van der Waals surface area contributed by atoms with Crippen molar-refractivity contribution in [2.45, 2.75) is 64.8 Å². The quantitative estimate of drug-likeness (QED) is 0.468. The highest BCUT2D eigenvalue weighted by Gasteiger charge is 2.29. The minimum Gasteiger partial charge on any atom is -0.454 e. The van der Waals surface area contributed by atoms with Crippen LogP contribution >= 0.6 is 11.3 Å². The third kappa shape index (κ3) is 5.16. The molecule has 11 heteroatoms. The van der Waals surface area contributed by atoms with Gasteiger partial charge in [0.05, 0.1) is 10.5 Å². The molecule has 9 nitrogen and oxygen atoms in total. The molecule has 0 aliphatic heterocycles. The van der Waals surface area contributed by atoms with Gasteiger partial charge in [-0.3, -0.25) is 14.4 Å². The molecule has 4 N–H and O–H groups in total. The number of amides is 2. The summed E-state index contributed by atoms with van der Waals surface area (Å²) in [6.45, 7) is 7.79. The molecule has 1 aliphatic rings. The van der Waals surface area contributed by atoms with Crippen LogP contribution in [0, 0.1) is 27.7 Å². The second kappa shape index (κ2) is 9.85. The molecule has 1 heterocycles. The van der Waals surface area contributed by atoms with Gasteiger partial charge in [0, 0.05) is 4.88 Å². The van der Waals surface area contributed by atoms with Crippen molar-refractivity contribution in [1.29, 1.82) is 0 Å². The number of nitrogens with two attached hydrogens (primary N) is 1. The molecule has 184 valence electrons. The van der Waals surface area contributed by atoms with Crippen LogP contribution in [0.1, 0.15) is 56.4 Å². The third-order valence-electron chi connectivity index (χ3n) is 6.02. The molecule has 34 heavy (non-hydrogen) atoms. The van der Waals surface area contributed by atoms with E-state index in [2.05, 4.69) is 10.0 Å². The molecular weight excluding hydrogens is 478 g/mol. The van der Waals surface area contributed by atoms with Crippen molar-refractivity contribution in [1.82, 2.24) is 4.72 Å². The Kier molecular flexibility index (Phi) is 7.49. The Balaban J connectivity index is 1.64. The largest absolute Gasteiger partial charge is 0.454 e. The van der Waals surface area contributed by atoms with Gasteiger partial charge in [-0.25, -0.2) is 8.42 Å². The zero-order valence-corrected chi connectivity index (χ0v) is 21.5. The first-order valence-corrected chi connectivity index (χ1v) is 13.1. The number of sulfonamides is 1. The summed E-state index contributed by atoms with van der Waals surface area (Å²) < 4.78 is 33.4. The highest BCUT2D eigenvalue weighted by atomic mass is 32.2. The molecule has 1 unspecified atom stereocenters. The summed E-state index contributed by atoms with van der Waals surface area (Å²) in [6.07, 6.45) is 2.48. The molecule has 1 atom stereocenters. The van der Waals surface area contributed by atoms with E-state index in [-0.39, 0.29) is 4.90 Å². The Hall–Kier alpha value is -2.76. The van der Waals surface area contributed by atoms with Crippen LogP contribution in [-0.4, -0.2) is 38.9 Å². The summed E-state index contributed by atoms with van der Waals surface area (Å²) in [7, 11) is -4.01. The van der Waals surface area contributed by atoms with Gasteiger partial charge in [0.1, 0.15) is 11.0 Å². The van der Waals surface area contributed by atoms with Crippen LogP contribution in [-0.2, 0) is 37.2 Å². The fraction of sp³-hybridized carbons (Fsp3) is 0.435. The number of aryl methyl sites for hydroxylation is 3. The molecule has 1 aliphatic carbocycles. The lowest BCUT2D eigenvalue weighted by Gasteiger charge is -2.18. The van der Waals surface area contributed by atoms with Gasteiger partial charge < -0.3 is 15.8 Å². The van der Waals surface area contributed by atoms with Gasteiger partial charge in [-0.15, -0.1) is 11.3 Å². The van der Waals surface area contributed by atoms with Crippen molar-refractivity contribution < 1.29 is 27.5 Å². The topological polar surface area (TPSA) is 145 Å². The maximum atomic E-state index is 13.0. The van der Waals surface area contributed by atoms with E-state index < -0.39 is 40.5 Å². The van der Waals surface area contributed by atoms with Crippen LogP contribution in [0.3, 0.4) is 0 Å². The Labute approximate surface area is 203 Å². The average molecular weight is 508 g/mol. The third-order valence-corrected chi connectivity index (χ3v) is 9.04. The second-order valence-electron chi connectivity index (χ2n) is 8.51. The van der Waals surface area contributed by atoms with Crippen LogP contribution in [0.25, 0.3) is 0 Å². The zero-order chi connectivity index (χ0) is 25.4. The first-order valence-electron chi connectivity index (χ1n) is 10.8. The molecule has 0 fully saturated rings. The smallest absolute Gasteiger partial charge is 0.324 e. The zero-order valence-electron chi connectivity index (χ0n) is 19.8. The van der Waals surface area contributed by atoms with Crippen molar-refractivity contribution in [2.24, 2.45) is 5.73 Å². The maximum absolute atomic E-state index is 13.0. The molecule has 3 rings (SSSR count). The number of anilines is 1. The maximum Gasteiger partial charge on any atom is 0.324 e. The summed E-state index contributed by atoms with van der Waals surface area (Å²) in [5.74, 6) is -2.17. The fourth-order valence-electron chi connectivity index (χ4n) is 4.10. The number of carbonyl (C=O) groups is 3. The predicted octanol–water partition coefficient (Wildman–Crippen LogP) is 2.42. The normalized spacial score (nSPS) is 13.9. The monoisotopic (exact) mass is 507 g/mol. The number of nitrogens with one attached hydrogen (secondary N) is 2. The number of hydrogen-bond acceptors (Lipinski definition) is 7. The van der Waals surface area contributed by atoms with E-state index in [0.717, 1.165) is 40.8 Å². The van der Waals surface area contributed by atoms with E-state index in [4.69, 9.17) is 10.5 Å². The van der Waals surface area contributed by atoms with Crippen molar-refractivity contribution >= 4 is 44.1 Å². The molecule has 1 aromatic heterocycles. The van der Waals surface area contributed by atoms with Crippen LogP contribution in [0.2, 0.25) is 0 Å². The highest BCUT2D eigenvalue weighted by molar-refractivity contribution is 7.89. The Morgan fingerprint density at radius 1 is 1.12 bits per heavy atom. The highest BCUT2D eigenvalue weighted by Crippen LogP contribution is 2.38. The van der Waals surface area contributed by atoms with E-state index in [9.17, 15) is 22.8 Å². The molecular formula is C23H29N3O6S2. The first kappa shape index (κ1) is 25.9. The fourth-order valence-corrected chi connectivity index (χ4v) is 7.22. The van der Waals surface area contributed by atoms with Gasteiger partial charge in [0.2, 0.25) is 10.0 Å². The Bertz CT molecular complexity index is 1250. The molecule has 0 radical (unpaired) electrons. The summed E-state index contributed by atoms with van der Waals surface area (Å²) >= 11 is 1.29. The number of carbonyl (C=O) groups excluding carboxylic acids is 3. The molecule has 0 spiro atoms. The van der Waals surface area contributed by atoms with Crippen LogP contribution < -0.4 is 15.8 Å². The van der Waals surface area contributed by atoms with Crippen molar-refractivity contribution in [2.75, 3.05) is 11.9 Å². The van der Waals surface area contributed by atoms with Crippen molar-refractivity contribution in [3.63, 3.8) is 0 Å². The Morgan fingerprint density at radius 3 is 2.32 bits per heavy atom. The van der Waals surface area contributed by atoms with E-state index in [1.54, 1.807) is 13.8 Å². The van der Waals surface area contributed by atoms with E-state index in [1.807, 2.05) is 19.9 Å². The standard InChI is InChI=1S/C23H29N3O6S2/c1-11-9-12(2)14(4)20(13(11)3)34(30,31)26-15(5)23(29)32-10-18(27)25-22-19(21(24)28)16-7-6-8-17(16)33-22/h9,15,26H,6-8,10H2,1-5H3,(H2,24,28)(H,25,27). The molecule has 2 aromatic rings. The number of primary amides is 1. The Morgan fingerprint density at radius 2 is 1.74 bits per heavy atom. The minimum absolute atomic E-state index is 0.132. The number of thiophene rings is 1. The van der Waals surface area contributed by atoms with Gasteiger partial charge >= 0.3 is 5.97 Å². The van der Waals surface area contributed by atoms with Crippen LogP contribution in [0.4, 0.5) is 5.00 Å². The van der Waals surface area contributed by atoms with Crippen molar-refractivity contribution in [3.05, 3.63) is 44.3 Å². The molecule has 0 saturated heterocycles. The average Bonchev–Trinajstić information content (AvgIpc) is 3.30. The van der Waals surface area contributed by atoms with Gasteiger partial charge in [-0.1, -0.05) is 6.07 Å². The first-order chi connectivity index (χ1) is 15.8. The van der Waals surface area contributed by atoms with Crippen molar-refractivity contribution in [3.8, 4) is 0 Å². The van der Waals surface area contributed by atoms with Crippen LogP contribution in [0.15, 0.2) is 11.0 Å². The molecule has 1 aromatic carbocycles. The van der Waals surface area contributed by atoms with Gasteiger partial charge in [-0.05, 0) is 81.7 Å². The minimum atomic E-state index is -4.01. The van der Waals surface area contributed by atoms with E-state index in [1.165, 1.54) is 18.3 Å². The number of hydrogen-bond donors (Lipinski definition) is 3. The summed E-state index contributed by atoms with van der Waals surface area (Å²) in [5, 5.41) is 2.92.